The Hall–Kier alpha value is -3.09. The molecule has 136 valence electrons. The molecule has 3 rings (SSSR count). The largest absolute Gasteiger partial charge is 0.490 e. The highest BCUT2D eigenvalue weighted by molar-refractivity contribution is 5.97. The first kappa shape index (κ1) is 17.7. The van der Waals surface area contributed by atoms with Crippen molar-refractivity contribution in [1.29, 1.82) is 0 Å². The van der Waals surface area contributed by atoms with Gasteiger partial charge in [-0.3, -0.25) is 4.79 Å². The SMILES string of the molecule is CCOc1ccc(C(C)NC(=O)c2ccc3n[nH]nc3c2)cc1OCC. The third-order valence-corrected chi connectivity index (χ3v) is 3.99. The van der Waals surface area contributed by atoms with Crippen LogP contribution < -0.4 is 14.8 Å². The average Bonchev–Trinajstić information content (AvgIpc) is 3.11. The fourth-order valence-electron chi connectivity index (χ4n) is 2.68. The number of nitrogens with one attached hydrogen (secondary N) is 2. The molecule has 0 bridgehead atoms. The van der Waals surface area contributed by atoms with E-state index < -0.39 is 0 Å². The van der Waals surface area contributed by atoms with Gasteiger partial charge in [-0.2, -0.15) is 15.4 Å². The molecular formula is C19H22N4O3. The van der Waals surface area contributed by atoms with Gasteiger partial charge in [0.1, 0.15) is 11.0 Å². The zero-order chi connectivity index (χ0) is 18.5. The normalized spacial score (nSPS) is 12.0. The van der Waals surface area contributed by atoms with Gasteiger partial charge in [0.25, 0.3) is 5.91 Å². The van der Waals surface area contributed by atoms with E-state index in [1.807, 2.05) is 39.0 Å². The molecule has 1 heterocycles. The summed E-state index contributed by atoms with van der Waals surface area (Å²) in [5.74, 6) is 1.21. The van der Waals surface area contributed by atoms with Gasteiger partial charge < -0.3 is 14.8 Å². The Morgan fingerprint density at radius 2 is 1.77 bits per heavy atom. The predicted octanol–water partition coefficient (Wildman–Crippen LogP) is 3.25. The van der Waals surface area contributed by atoms with Crippen LogP contribution in [0.25, 0.3) is 11.0 Å². The number of fused-ring (bicyclic) bond motifs is 1. The molecule has 1 atom stereocenters. The smallest absolute Gasteiger partial charge is 0.251 e. The van der Waals surface area contributed by atoms with Crippen LogP contribution in [0.2, 0.25) is 0 Å². The molecule has 0 aliphatic carbocycles. The van der Waals surface area contributed by atoms with Crippen LogP contribution in [0.4, 0.5) is 0 Å². The van der Waals surface area contributed by atoms with Crippen molar-refractivity contribution in [2.75, 3.05) is 13.2 Å². The van der Waals surface area contributed by atoms with Gasteiger partial charge in [0.15, 0.2) is 11.5 Å². The van der Waals surface area contributed by atoms with Gasteiger partial charge in [0.05, 0.1) is 19.3 Å². The lowest BCUT2D eigenvalue weighted by atomic mass is 10.1. The fourth-order valence-corrected chi connectivity index (χ4v) is 2.68. The van der Waals surface area contributed by atoms with Crippen LogP contribution in [0.3, 0.4) is 0 Å². The van der Waals surface area contributed by atoms with Gasteiger partial charge in [-0.25, -0.2) is 0 Å². The summed E-state index contributed by atoms with van der Waals surface area (Å²) in [7, 11) is 0. The summed E-state index contributed by atoms with van der Waals surface area (Å²) in [6.07, 6.45) is 0. The van der Waals surface area contributed by atoms with Crippen molar-refractivity contribution < 1.29 is 14.3 Å². The molecule has 2 aromatic carbocycles. The summed E-state index contributed by atoms with van der Waals surface area (Å²) in [5.41, 5.74) is 2.86. The Morgan fingerprint density at radius 3 is 2.54 bits per heavy atom. The van der Waals surface area contributed by atoms with Crippen LogP contribution in [-0.4, -0.2) is 34.5 Å². The highest BCUT2D eigenvalue weighted by Gasteiger charge is 2.15. The Balaban J connectivity index is 1.76. The maximum atomic E-state index is 12.5. The number of nitrogens with zero attached hydrogens (tertiary/aromatic N) is 2. The minimum absolute atomic E-state index is 0.172. The molecule has 0 saturated heterocycles. The highest BCUT2D eigenvalue weighted by Crippen LogP contribution is 2.30. The van der Waals surface area contributed by atoms with Gasteiger partial charge in [0, 0.05) is 5.56 Å². The van der Waals surface area contributed by atoms with Crippen LogP contribution in [0.15, 0.2) is 36.4 Å². The number of rotatable bonds is 7. The summed E-state index contributed by atoms with van der Waals surface area (Å²) in [5, 5.41) is 13.5. The molecule has 1 unspecified atom stereocenters. The molecule has 1 aromatic heterocycles. The molecular weight excluding hydrogens is 332 g/mol. The van der Waals surface area contributed by atoms with Gasteiger partial charge in [-0.1, -0.05) is 6.07 Å². The summed E-state index contributed by atoms with van der Waals surface area (Å²) >= 11 is 0. The second-order valence-corrected chi connectivity index (χ2v) is 5.79. The lowest BCUT2D eigenvalue weighted by Crippen LogP contribution is -2.26. The molecule has 0 saturated carbocycles. The highest BCUT2D eigenvalue weighted by atomic mass is 16.5. The zero-order valence-corrected chi connectivity index (χ0v) is 15.1. The fraction of sp³-hybridized carbons (Fsp3) is 0.316. The molecule has 26 heavy (non-hydrogen) atoms. The van der Waals surface area contributed by atoms with Crippen molar-refractivity contribution in [2.24, 2.45) is 0 Å². The molecule has 1 amide bonds. The lowest BCUT2D eigenvalue weighted by molar-refractivity contribution is 0.0940. The van der Waals surface area contributed by atoms with Gasteiger partial charge in [-0.05, 0) is 56.7 Å². The molecule has 7 nitrogen and oxygen atoms in total. The number of amides is 1. The first-order chi connectivity index (χ1) is 12.6. The van der Waals surface area contributed by atoms with Crippen molar-refractivity contribution in [2.45, 2.75) is 26.8 Å². The van der Waals surface area contributed by atoms with Crippen molar-refractivity contribution in [3.63, 3.8) is 0 Å². The topological polar surface area (TPSA) is 89.1 Å². The van der Waals surface area contributed by atoms with Crippen LogP contribution >= 0.6 is 0 Å². The van der Waals surface area contributed by atoms with Crippen LogP contribution in [0, 0.1) is 0 Å². The van der Waals surface area contributed by atoms with E-state index in [9.17, 15) is 4.79 Å². The Kier molecular flexibility index (Phi) is 5.36. The maximum Gasteiger partial charge on any atom is 0.251 e. The second-order valence-electron chi connectivity index (χ2n) is 5.79. The number of hydrogen-bond donors (Lipinski definition) is 2. The standard InChI is InChI=1S/C19H22N4O3/c1-4-25-17-9-7-13(11-18(17)26-5-2)12(3)20-19(24)14-6-8-15-16(10-14)22-23-21-15/h6-12H,4-5H2,1-3H3,(H,20,24)(H,21,22,23). The number of ether oxygens (including phenoxy) is 2. The van der Waals surface area contributed by atoms with Crippen LogP contribution in [-0.2, 0) is 0 Å². The van der Waals surface area contributed by atoms with E-state index in [1.54, 1.807) is 18.2 Å². The monoisotopic (exact) mass is 354 g/mol. The molecule has 3 aromatic rings. The van der Waals surface area contributed by atoms with E-state index in [2.05, 4.69) is 20.7 Å². The lowest BCUT2D eigenvalue weighted by Gasteiger charge is -2.17. The van der Waals surface area contributed by atoms with E-state index in [0.717, 1.165) is 11.1 Å². The Morgan fingerprint density at radius 1 is 1.04 bits per heavy atom. The zero-order valence-electron chi connectivity index (χ0n) is 15.1. The molecule has 0 spiro atoms. The Labute approximate surface area is 151 Å². The van der Waals surface area contributed by atoms with Crippen LogP contribution in [0.1, 0.15) is 42.7 Å². The number of benzene rings is 2. The van der Waals surface area contributed by atoms with Gasteiger partial charge in [-0.15, -0.1) is 0 Å². The molecule has 7 heteroatoms. The van der Waals surface area contributed by atoms with Crippen LogP contribution in [0.5, 0.6) is 11.5 Å². The minimum atomic E-state index is -0.189. The molecule has 2 N–H and O–H groups in total. The number of aromatic amines is 1. The number of carbonyl (C=O) groups is 1. The number of aromatic nitrogens is 3. The number of H-pyrrole nitrogens is 1. The van der Waals surface area contributed by atoms with Crippen molar-refractivity contribution >= 4 is 16.9 Å². The van der Waals surface area contributed by atoms with E-state index in [0.29, 0.717) is 35.8 Å². The van der Waals surface area contributed by atoms with Gasteiger partial charge in [0.2, 0.25) is 0 Å². The molecule has 0 radical (unpaired) electrons. The Bertz CT molecular complexity index is 907. The third-order valence-electron chi connectivity index (χ3n) is 3.99. The predicted molar refractivity (Wildman–Crippen MR) is 98.5 cm³/mol. The molecule has 0 aliphatic rings. The summed E-state index contributed by atoms with van der Waals surface area (Å²) in [6.45, 7) is 6.89. The van der Waals surface area contributed by atoms with E-state index in [1.165, 1.54) is 0 Å². The first-order valence-electron chi connectivity index (χ1n) is 8.63. The minimum Gasteiger partial charge on any atom is -0.490 e. The third kappa shape index (κ3) is 3.77. The van der Waals surface area contributed by atoms with E-state index in [4.69, 9.17) is 9.47 Å². The molecule has 0 fully saturated rings. The van der Waals surface area contributed by atoms with Gasteiger partial charge >= 0.3 is 0 Å². The second kappa shape index (κ2) is 7.86. The summed E-state index contributed by atoms with van der Waals surface area (Å²) in [4.78, 5) is 12.5. The van der Waals surface area contributed by atoms with E-state index >= 15 is 0 Å². The quantitative estimate of drug-likeness (QED) is 0.680. The first-order valence-corrected chi connectivity index (χ1v) is 8.63. The average molecular weight is 354 g/mol. The summed E-state index contributed by atoms with van der Waals surface area (Å²) in [6, 6.07) is 10.7. The van der Waals surface area contributed by atoms with Crippen molar-refractivity contribution in [3.8, 4) is 11.5 Å². The summed E-state index contributed by atoms with van der Waals surface area (Å²) < 4.78 is 11.2. The van der Waals surface area contributed by atoms with Crippen molar-refractivity contribution in [1.82, 2.24) is 20.7 Å². The maximum absolute atomic E-state index is 12.5. The van der Waals surface area contributed by atoms with E-state index in [-0.39, 0.29) is 11.9 Å². The number of hydrogen-bond acceptors (Lipinski definition) is 5. The molecule has 0 aliphatic heterocycles. The van der Waals surface area contributed by atoms with Crippen molar-refractivity contribution in [3.05, 3.63) is 47.5 Å². The number of carbonyl (C=O) groups excluding carboxylic acids is 1.